The van der Waals surface area contributed by atoms with Crippen molar-refractivity contribution in [1.29, 1.82) is 0 Å². The molecule has 1 N–H and O–H groups in total. The first-order chi connectivity index (χ1) is 18.0. The SMILES string of the molecule is COc1cc(C(=O)Oc2cc3c4c(c2)C(C)CC(C)(C)N4C(=O)C3=C2SC(=O)NC2=O)cc(OC)c1OC. The average molecular weight is 539 g/mol. The second-order valence-corrected chi connectivity index (χ2v) is 10.8. The molecule has 0 spiro atoms. The number of methoxy groups -OCH3 is 3. The maximum absolute atomic E-state index is 13.7. The topological polar surface area (TPSA) is 120 Å². The zero-order chi connectivity index (χ0) is 27.5. The molecule has 3 aliphatic heterocycles. The fraction of sp³-hybridized carbons (Fsp3) is 0.333. The number of amides is 3. The largest absolute Gasteiger partial charge is 0.493 e. The first-order valence-electron chi connectivity index (χ1n) is 11.8. The van der Waals surface area contributed by atoms with Crippen LogP contribution in [0.5, 0.6) is 23.0 Å². The molecule has 2 aromatic rings. The van der Waals surface area contributed by atoms with E-state index < -0.39 is 22.7 Å². The molecule has 198 valence electrons. The Morgan fingerprint density at radius 1 is 1.03 bits per heavy atom. The Labute approximate surface area is 223 Å². The number of nitrogens with zero attached hydrogens (tertiary/aromatic N) is 1. The number of imide groups is 1. The molecule has 3 aliphatic rings. The number of ether oxygens (including phenoxy) is 4. The van der Waals surface area contributed by atoms with Crippen LogP contribution in [0.1, 0.15) is 54.6 Å². The number of anilines is 1. The summed E-state index contributed by atoms with van der Waals surface area (Å²) in [5.74, 6) is -0.520. The highest BCUT2D eigenvalue weighted by molar-refractivity contribution is 8.18. The minimum absolute atomic E-state index is 0.0265. The number of carbonyl (C=O) groups excluding carboxylic acids is 4. The van der Waals surface area contributed by atoms with Gasteiger partial charge in [0, 0.05) is 11.1 Å². The van der Waals surface area contributed by atoms with E-state index in [1.807, 2.05) is 20.8 Å². The number of carbonyl (C=O) groups is 4. The van der Waals surface area contributed by atoms with Crippen LogP contribution in [0.15, 0.2) is 29.2 Å². The summed E-state index contributed by atoms with van der Waals surface area (Å²) < 4.78 is 21.8. The van der Waals surface area contributed by atoms with E-state index in [0.717, 1.165) is 5.56 Å². The summed E-state index contributed by atoms with van der Waals surface area (Å²) >= 11 is 0.691. The summed E-state index contributed by atoms with van der Waals surface area (Å²) in [5, 5.41) is 1.68. The molecule has 0 radical (unpaired) electrons. The Bertz CT molecular complexity index is 1440. The van der Waals surface area contributed by atoms with Gasteiger partial charge in [-0.3, -0.25) is 19.7 Å². The summed E-state index contributed by atoms with van der Waals surface area (Å²) in [4.78, 5) is 53.2. The van der Waals surface area contributed by atoms with Crippen LogP contribution in [-0.2, 0) is 9.59 Å². The summed E-state index contributed by atoms with van der Waals surface area (Å²) in [7, 11) is 4.35. The van der Waals surface area contributed by atoms with E-state index in [2.05, 4.69) is 5.32 Å². The second kappa shape index (κ2) is 9.09. The molecule has 3 amide bonds. The Kier molecular flexibility index (Phi) is 6.13. The van der Waals surface area contributed by atoms with Crippen molar-refractivity contribution in [2.24, 2.45) is 0 Å². The molecule has 0 saturated carbocycles. The van der Waals surface area contributed by atoms with Gasteiger partial charge >= 0.3 is 5.97 Å². The first kappa shape index (κ1) is 25.7. The third-order valence-electron chi connectivity index (χ3n) is 6.92. The lowest BCUT2D eigenvalue weighted by molar-refractivity contribution is -0.116. The van der Waals surface area contributed by atoms with Gasteiger partial charge in [0.1, 0.15) is 5.75 Å². The summed E-state index contributed by atoms with van der Waals surface area (Å²) in [6.45, 7) is 5.97. The monoisotopic (exact) mass is 538 g/mol. The third kappa shape index (κ3) is 3.89. The van der Waals surface area contributed by atoms with E-state index in [1.165, 1.54) is 33.5 Å². The minimum Gasteiger partial charge on any atom is -0.493 e. The highest BCUT2D eigenvalue weighted by Crippen LogP contribution is 2.54. The molecular weight excluding hydrogens is 512 g/mol. The molecule has 1 unspecified atom stereocenters. The molecule has 10 nitrogen and oxygen atoms in total. The minimum atomic E-state index is -0.682. The van der Waals surface area contributed by atoms with Crippen molar-refractivity contribution in [3.05, 3.63) is 45.9 Å². The molecular formula is C27H26N2O8S. The van der Waals surface area contributed by atoms with Gasteiger partial charge in [0.15, 0.2) is 11.5 Å². The van der Waals surface area contributed by atoms with Gasteiger partial charge in [-0.05, 0) is 67.8 Å². The lowest BCUT2D eigenvalue weighted by atomic mass is 9.80. The molecule has 1 saturated heterocycles. The van der Waals surface area contributed by atoms with Crippen LogP contribution >= 0.6 is 11.8 Å². The van der Waals surface area contributed by atoms with E-state index in [4.69, 9.17) is 18.9 Å². The van der Waals surface area contributed by atoms with E-state index in [9.17, 15) is 19.2 Å². The third-order valence-corrected chi connectivity index (χ3v) is 7.80. The predicted octanol–water partition coefficient (Wildman–Crippen LogP) is 4.26. The molecule has 1 fully saturated rings. The van der Waals surface area contributed by atoms with Crippen LogP contribution in [-0.4, -0.2) is 49.9 Å². The number of hydrogen-bond donors (Lipinski definition) is 1. The summed E-state index contributed by atoms with van der Waals surface area (Å²) in [6, 6.07) is 6.28. The van der Waals surface area contributed by atoms with Gasteiger partial charge in [0.25, 0.3) is 17.1 Å². The van der Waals surface area contributed by atoms with Crippen molar-refractivity contribution >= 4 is 46.0 Å². The molecule has 5 rings (SSSR count). The Morgan fingerprint density at radius 2 is 1.68 bits per heavy atom. The van der Waals surface area contributed by atoms with Crippen LogP contribution in [0.25, 0.3) is 5.57 Å². The molecule has 0 aliphatic carbocycles. The number of thioether (sulfide) groups is 1. The van der Waals surface area contributed by atoms with E-state index >= 15 is 0 Å². The number of hydrogen-bond acceptors (Lipinski definition) is 9. The van der Waals surface area contributed by atoms with Gasteiger partial charge in [-0.15, -0.1) is 0 Å². The number of benzene rings is 2. The average Bonchev–Trinajstić information content (AvgIpc) is 3.35. The van der Waals surface area contributed by atoms with Gasteiger partial charge in [-0.1, -0.05) is 6.92 Å². The fourth-order valence-electron chi connectivity index (χ4n) is 5.42. The zero-order valence-corrected chi connectivity index (χ0v) is 22.5. The van der Waals surface area contributed by atoms with Crippen molar-refractivity contribution in [3.8, 4) is 23.0 Å². The molecule has 38 heavy (non-hydrogen) atoms. The van der Waals surface area contributed by atoms with Crippen molar-refractivity contribution in [2.45, 2.75) is 38.6 Å². The van der Waals surface area contributed by atoms with Gasteiger partial charge in [-0.25, -0.2) is 4.79 Å². The lowest BCUT2D eigenvalue weighted by Gasteiger charge is -2.43. The van der Waals surface area contributed by atoms with Gasteiger partial charge in [0.2, 0.25) is 5.75 Å². The maximum atomic E-state index is 13.7. The molecule has 0 aromatic heterocycles. The van der Waals surface area contributed by atoms with E-state index in [1.54, 1.807) is 17.0 Å². The standard InChI is InChI=1S/C27H26N2O8S/c1-12-11-27(2,3)29-20-15(12)9-14(10-16(20)19(24(29)31)22-23(30)28-26(33)38-22)37-25(32)13-7-17(34-4)21(36-6)18(8-13)35-5/h7-10,12H,11H2,1-6H3,(H,28,30,33). The lowest BCUT2D eigenvalue weighted by Crippen LogP contribution is -2.49. The van der Waals surface area contributed by atoms with E-state index in [-0.39, 0.29) is 33.6 Å². The Morgan fingerprint density at radius 3 is 2.24 bits per heavy atom. The van der Waals surface area contributed by atoms with Gasteiger partial charge in [-0.2, -0.15) is 0 Å². The molecule has 3 heterocycles. The molecule has 2 aromatic carbocycles. The molecule has 1 atom stereocenters. The first-order valence-corrected chi connectivity index (χ1v) is 12.6. The quantitative estimate of drug-likeness (QED) is 0.338. The Balaban J connectivity index is 1.63. The highest BCUT2D eigenvalue weighted by Gasteiger charge is 2.50. The van der Waals surface area contributed by atoms with Gasteiger partial charge in [0.05, 0.1) is 43.1 Å². The van der Waals surface area contributed by atoms with Crippen LogP contribution < -0.4 is 29.2 Å². The number of nitrogens with one attached hydrogen (secondary N) is 1. The molecule has 11 heteroatoms. The zero-order valence-electron chi connectivity index (χ0n) is 21.7. The second-order valence-electron chi connectivity index (χ2n) is 9.82. The van der Waals surface area contributed by atoms with Crippen molar-refractivity contribution in [1.82, 2.24) is 5.32 Å². The van der Waals surface area contributed by atoms with Crippen LogP contribution in [0.4, 0.5) is 10.5 Å². The van der Waals surface area contributed by atoms with Crippen molar-refractivity contribution in [2.75, 3.05) is 26.2 Å². The smallest absolute Gasteiger partial charge is 0.343 e. The number of esters is 1. The van der Waals surface area contributed by atoms with Gasteiger partial charge < -0.3 is 23.8 Å². The predicted molar refractivity (Wildman–Crippen MR) is 140 cm³/mol. The van der Waals surface area contributed by atoms with Crippen molar-refractivity contribution in [3.63, 3.8) is 0 Å². The van der Waals surface area contributed by atoms with E-state index in [0.29, 0.717) is 46.7 Å². The molecule has 0 bridgehead atoms. The van der Waals surface area contributed by atoms with Crippen molar-refractivity contribution < 1.29 is 38.1 Å². The number of rotatable bonds is 5. The maximum Gasteiger partial charge on any atom is 0.343 e. The Hall–Kier alpha value is -3.99. The summed E-state index contributed by atoms with van der Waals surface area (Å²) in [6.07, 6.45) is 0.649. The van der Waals surface area contributed by atoms with Crippen LogP contribution in [0, 0.1) is 0 Å². The fourth-order valence-corrected chi connectivity index (χ4v) is 6.20. The summed E-state index contributed by atoms with van der Waals surface area (Å²) in [5.41, 5.74) is 1.69. The van der Waals surface area contributed by atoms with Crippen LogP contribution in [0.2, 0.25) is 0 Å². The highest BCUT2D eigenvalue weighted by atomic mass is 32.2. The normalized spacial score (nSPS) is 21.3. The van der Waals surface area contributed by atoms with Crippen LogP contribution in [0.3, 0.4) is 0 Å².